The van der Waals surface area contributed by atoms with Gasteiger partial charge in [0.1, 0.15) is 5.75 Å². The third-order valence-electron chi connectivity index (χ3n) is 4.48. The zero-order valence-corrected chi connectivity index (χ0v) is 14.7. The number of ether oxygens (including phenoxy) is 2. The summed E-state index contributed by atoms with van der Waals surface area (Å²) < 4.78 is 10.3. The summed E-state index contributed by atoms with van der Waals surface area (Å²) in [6.07, 6.45) is 2.22. The number of anilines is 2. The van der Waals surface area contributed by atoms with Gasteiger partial charge in [-0.2, -0.15) is 0 Å². The Bertz CT molecular complexity index is 728. The molecule has 0 saturated carbocycles. The standard InChI is InChI=1S/C20H24N2O3/c1-24-13-12-22-11-3-4-15-5-8-17(14-19(15)22)21-20(23)16-6-9-18(25-2)10-7-16/h5-10,14H,3-4,11-13H2,1-2H3,(H,21,23). The molecular weight excluding hydrogens is 316 g/mol. The molecule has 0 spiro atoms. The van der Waals surface area contributed by atoms with Crippen LogP contribution < -0.4 is 15.0 Å². The van der Waals surface area contributed by atoms with Crippen molar-refractivity contribution in [3.63, 3.8) is 0 Å². The van der Waals surface area contributed by atoms with Gasteiger partial charge in [-0.3, -0.25) is 4.79 Å². The van der Waals surface area contributed by atoms with Crippen LogP contribution in [-0.2, 0) is 11.2 Å². The van der Waals surface area contributed by atoms with E-state index in [9.17, 15) is 4.79 Å². The largest absolute Gasteiger partial charge is 0.497 e. The van der Waals surface area contributed by atoms with Crippen molar-refractivity contribution in [3.05, 3.63) is 53.6 Å². The molecule has 1 N–H and O–H groups in total. The van der Waals surface area contributed by atoms with Gasteiger partial charge in [-0.1, -0.05) is 6.07 Å². The van der Waals surface area contributed by atoms with Crippen molar-refractivity contribution in [1.29, 1.82) is 0 Å². The van der Waals surface area contributed by atoms with E-state index in [0.29, 0.717) is 12.2 Å². The number of methoxy groups -OCH3 is 2. The Kier molecular flexibility index (Phi) is 5.56. The number of nitrogens with zero attached hydrogens (tertiary/aromatic N) is 1. The van der Waals surface area contributed by atoms with E-state index in [1.54, 1.807) is 38.5 Å². The molecule has 5 nitrogen and oxygen atoms in total. The Morgan fingerprint density at radius 3 is 2.68 bits per heavy atom. The maximum atomic E-state index is 12.4. The maximum Gasteiger partial charge on any atom is 0.255 e. The zero-order valence-electron chi connectivity index (χ0n) is 14.7. The van der Waals surface area contributed by atoms with Gasteiger partial charge in [0, 0.05) is 37.1 Å². The van der Waals surface area contributed by atoms with Crippen molar-refractivity contribution in [2.45, 2.75) is 12.8 Å². The fourth-order valence-electron chi connectivity index (χ4n) is 3.11. The Morgan fingerprint density at radius 2 is 1.96 bits per heavy atom. The number of nitrogens with one attached hydrogen (secondary N) is 1. The second kappa shape index (κ2) is 8.03. The Balaban J connectivity index is 1.75. The van der Waals surface area contributed by atoms with E-state index in [2.05, 4.69) is 22.3 Å². The van der Waals surface area contributed by atoms with E-state index >= 15 is 0 Å². The van der Waals surface area contributed by atoms with E-state index in [-0.39, 0.29) is 5.91 Å². The molecule has 0 atom stereocenters. The van der Waals surface area contributed by atoms with Gasteiger partial charge in [0.15, 0.2) is 0 Å². The monoisotopic (exact) mass is 340 g/mol. The minimum Gasteiger partial charge on any atom is -0.497 e. The van der Waals surface area contributed by atoms with E-state index in [4.69, 9.17) is 9.47 Å². The number of rotatable bonds is 6. The number of aryl methyl sites for hydroxylation is 1. The lowest BCUT2D eigenvalue weighted by Gasteiger charge is -2.31. The number of hydrogen-bond acceptors (Lipinski definition) is 4. The Hall–Kier alpha value is -2.53. The fraction of sp³-hybridized carbons (Fsp3) is 0.350. The van der Waals surface area contributed by atoms with Crippen LogP contribution in [0.2, 0.25) is 0 Å². The number of carbonyl (C=O) groups is 1. The van der Waals surface area contributed by atoms with Crippen LogP contribution in [-0.4, -0.2) is 39.8 Å². The van der Waals surface area contributed by atoms with Gasteiger partial charge >= 0.3 is 0 Å². The highest BCUT2D eigenvalue weighted by Crippen LogP contribution is 2.30. The molecule has 2 aromatic rings. The molecule has 5 heteroatoms. The van der Waals surface area contributed by atoms with Crippen LogP contribution in [0.15, 0.2) is 42.5 Å². The molecule has 0 fully saturated rings. The van der Waals surface area contributed by atoms with E-state index in [1.807, 2.05) is 6.07 Å². The Morgan fingerprint density at radius 1 is 1.16 bits per heavy atom. The highest BCUT2D eigenvalue weighted by atomic mass is 16.5. The molecule has 3 rings (SSSR count). The number of hydrogen-bond donors (Lipinski definition) is 1. The molecule has 1 aliphatic heterocycles. The maximum absolute atomic E-state index is 12.4. The van der Waals surface area contributed by atoms with Crippen LogP contribution in [0.4, 0.5) is 11.4 Å². The van der Waals surface area contributed by atoms with Crippen LogP contribution in [0.5, 0.6) is 5.75 Å². The first-order valence-electron chi connectivity index (χ1n) is 8.53. The van der Waals surface area contributed by atoms with E-state index in [0.717, 1.165) is 37.4 Å². The molecule has 0 aromatic heterocycles. The topological polar surface area (TPSA) is 50.8 Å². The van der Waals surface area contributed by atoms with Crippen LogP contribution in [0.1, 0.15) is 22.3 Å². The van der Waals surface area contributed by atoms with Crippen LogP contribution >= 0.6 is 0 Å². The molecule has 0 unspecified atom stereocenters. The van der Waals surface area contributed by atoms with E-state index < -0.39 is 0 Å². The summed E-state index contributed by atoms with van der Waals surface area (Å²) >= 11 is 0. The highest BCUT2D eigenvalue weighted by Gasteiger charge is 2.17. The van der Waals surface area contributed by atoms with Crippen molar-refractivity contribution >= 4 is 17.3 Å². The molecule has 1 aliphatic rings. The van der Waals surface area contributed by atoms with Crippen molar-refractivity contribution in [2.24, 2.45) is 0 Å². The number of benzene rings is 2. The zero-order chi connectivity index (χ0) is 17.6. The minimum absolute atomic E-state index is 0.123. The third-order valence-corrected chi connectivity index (χ3v) is 4.48. The quantitative estimate of drug-likeness (QED) is 0.876. The van der Waals surface area contributed by atoms with Gasteiger partial charge in [-0.15, -0.1) is 0 Å². The first kappa shape index (κ1) is 17.3. The Labute approximate surface area is 148 Å². The molecule has 0 radical (unpaired) electrons. The van der Waals surface area contributed by atoms with Crippen molar-refractivity contribution in [3.8, 4) is 5.75 Å². The number of amides is 1. The summed E-state index contributed by atoms with van der Waals surface area (Å²) in [6.45, 7) is 2.58. The van der Waals surface area contributed by atoms with Gasteiger partial charge in [-0.05, 0) is 54.8 Å². The predicted octanol–water partition coefficient (Wildman–Crippen LogP) is 3.35. The van der Waals surface area contributed by atoms with Gasteiger partial charge in [-0.25, -0.2) is 0 Å². The van der Waals surface area contributed by atoms with Crippen LogP contribution in [0, 0.1) is 0 Å². The SMILES string of the molecule is COCCN1CCCc2ccc(NC(=O)c3ccc(OC)cc3)cc21. The van der Waals surface area contributed by atoms with E-state index in [1.165, 1.54) is 11.3 Å². The summed E-state index contributed by atoms with van der Waals surface area (Å²) in [4.78, 5) is 14.8. The smallest absolute Gasteiger partial charge is 0.255 e. The summed E-state index contributed by atoms with van der Waals surface area (Å²) in [5, 5.41) is 2.98. The summed E-state index contributed by atoms with van der Waals surface area (Å²) in [5.41, 5.74) is 3.93. The molecule has 0 bridgehead atoms. The molecule has 2 aromatic carbocycles. The fourth-order valence-corrected chi connectivity index (χ4v) is 3.11. The van der Waals surface area contributed by atoms with Crippen molar-refractivity contribution in [1.82, 2.24) is 0 Å². The summed E-state index contributed by atoms with van der Waals surface area (Å²) in [5.74, 6) is 0.612. The first-order valence-corrected chi connectivity index (χ1v) is 8.53. The highest BCUT2D eigenvalue weighted by molar-refractivity contribution is 6.04. The van der Waals surface area contributed by atoms with Crippen LogP contribution in [0.3, 0.4) is 0 Å². The van der Waals surface area contributed by atoms with Crippen molar-refractivity contribution < 1.29 is 14.3 Å². The molecule has 25 heavy (non-hydrogen) atoms. The first-order chi connectivity index (χ1) is 12.2. The number of fused-ring (bicyclic) bond motifs is 1. The molecule has 1 amide bonds. The lowest BCUT2D eigenvalue weighted by Crippen LogP contribution is -2.32. The molecular formula is C20H24N2O3. The normalized spacial score (nSPS) is 13.3. The van der Waals surface area contributed by atoms with Gasteiger partial charge < -0.3 is 19.7 Å². The molecule has 132 valence electrons. The van der Waals surface area contributed by atoms with Gasteiger partial charge in [0.25, 0.3) is 5.91 Å². The van der Waals surface area contributed by atoms with Crippen LogP contribution in [0.25, 0.3) is 0 Å². The summed E-state index contributed by atoms with van der Waals surface area (Å²) in [6, 6.07) is 13.2. The van der Waals surface area contributed by atoms with Gasteiger partial charge in [0.2, 0.25) is 0 Å². The molecule has 0 aliphatic carbocycles. The minimum atomic E-state index is -0.123. The lowest BCUT2D eigenvalue weighted by molar-refractivity contribution is 0.102. The molecule has 0 saturated heterocycles. The second-order valence-corrected chi connectivity index (χ2v) is 6.11. The summed E-state index contributed by atoms with van der Waals surface area (Å²) in [7, 11) is 3.33. The second-order valence-electron chi connectivity index (χ2n) is 6.11. The lowest BCUT2D eigenvalue weighted by atomic mass is 10.0. The van der Waals surface area contributed by atoms with Gasteiger partial charge in [0.05, 0.1) is 13.7 Å². The third kappa shape index (κ3) is 4.12. The number of carbonyl (C=O) groups excluding carboxylic acids is 1. The molecule has 1 heterocycles. The van der Waals surface area contributed by atoms with Crippen molar-refractivity contribution in [2.75, 3.05) is 44.1 Å². The average Bonchev–Trinajstić information content (AvgIpc) is 2.66. The predicted molar refractivity (Wildman–Crippen MR) is 99.8 cm³/mol. The average molecular weight is 340 g/mol.